The van der Waals surface area contributed by atoms with Crippen molar-refractivity contribution in [3.63, 3.8) is 0 Å². The molecule has 2 atom stereocenters. The van der Waals surface area contributed by atoms with Gasteiger partial charge in [0.25, 0.3) is 0 Å². The highest BCUT2D eigenvalue weighted by Gasteiger charge is 2.40. The Labute approximate surface area is 72.8 Å². The molecule has 1 aliphatic heterocycles. The summed E-state index contributed by atoms with van der Waals surface area (Å²) in [6.07, 6.45) is 0. The van der Waals surface area contributed by atoms with Gasteiger partial charge in [0.05, 0.1) is 22.0 Å². The molecule has 0 saturated carbocycles. The lowest BCUT2D eigenvalue weighted by atomic mass is 10.4. The molecule has 4 nitrogen and oxygen atoms in total. The first-order chi connectivity index (χ1) is 5.27. The van der Waals surface area contributed by atoms with Crippen LogP contribution in [0.3, 0.4) is 0 Å². The predicted octanol–water partition coefficient (Wildman–Crippen LogP) is -0.393. The van der Waals surface area contributed by atoms with Gasteiger partial charge in [-0.15, -0.1) is 0 Å². The minimum atomic E-state index is -3.16. The maximum atomic E-state index is 11.2. The second-order valence-electron chi connectivity index (χ2n) is 3.14. The molecule has 0 N–H and O–H groups in total. The molecule has 0 bridgehead atoms. The fourth-order valence-electron chi connectivity index (χ4n) is 1.19. The highest BCUT2D eigenvalue weighted by molar-refractivity contribution is 7.99. The fraction of sp³-hybridized carbons (Fsp3) is 1.00. The van der Waals surface area contributed by atoms with E-state index in [1.54, 1.807) is 0 Å². The third kappa shape index (κ3) is 1.50. The molecule has 0 amide bonds. The van der Waals surface area contributed by atoms with Crippen LogP contribution in [0.1, 0.15) is 13.8 Å². The Morgan fingerprint density at radius 2 is 1.08 bits per heavy atom. The van der Waals surface area contributed by atoms with E-state index in [0.717, 1.165) is 0 Å². The van der Waals surface area contributed by atoms with Crippen LogP contribution < -0.4 is 0 Å². The van der Waals surface area contributed by atoms with Crippen LogP contribution in [0.2, 0.25) is 0 Å². The minimum absolute atomic E-state index is 0.221. The number of hydrogen-bond acceptors (Lipinski definition) is 4. The molecule has 1 fully saturated rings. The number of rotatable bonds is 0. The summed E-state index contributed by atoms with van der Waals surface area (Å²) in [6.45, 7) is 2.91. The summed E-state index contributed by atoms with van der Waals surface area (Å²) in [6, 6.07) is 0. The van der Waals surface area contributed by atoms with E-state index in [4.69, 9.17) is 0 Å². The summed E-state index contributed by atoms with van der Waals surface area (Å²) < 4.78 is 44.9. The highest BCUT2D eigenvalue weighted by Crippen LogP contribution is 2.20. The Hall–Kier alpha value is -0.100. The molecule has 0 radical (unpaired) electrons. The van der Waals surface area contributed by atoms with Crippen LogP contribution in [0.25, 0.3) is 0 Å². The number of sulfone groups is 2. The van der Waals surface area contributed by atoms with E-state index in [1.807, 2.05) is 0 Å². The van der Waals surface area contributed by atoms with Gasteiger partial charge in [-0.25, -0.2) is 16.8 Å². The zero-order chi connectivity index (χ0) is 9.57. The van der Waals surface area contributed by atoms with Gasteiger partial charge in [-0.3, -0.25) is 0 Å². The molecule has 0 aromatic heterocycles. The maximum absolute atomic E-state index is 11.2. The summed E-state index contributed by atoms with van der Waals surface area (Å²) in [4.78, 5) is 0. The monoisotopic (exact) mass is 212 g/mol. The van der Waals surface area contributed by atoms with Crippen LogP contribution in [0, 0.1) is 0 Å². The molecule has 1 saturated heterocycles. The standard InChI is InChI=1S/C6H12O4S2/c1-5-6(2)12(9,10)4-3-11(5,7)8/h5-6H,3-4H2,1-2H3. The van der Waals surface area contributed by atoms with E-state index in [0.29, 0.717) is 0 Å². The molecular formula is C6H12O4S2. The molecular weight excluding hydrogens is 200 g/mol. The molecule has 72 valence electrons. The van der Waals surface area contributed by atoms with E-state index in [-0.39, 0.29) is 11.5 Å². The van der Waals surface area contributed by atoms with Crippen molar-refractivity contribution in [2.75, 3.05) is 11.5 Å². The van der Waals surface area contributed by atoms with Crippen molar-refractivity contribution in [1.29, 1.82) is 0 Å². The van der Waals surface area contributed by atoms with Gasteiger partial charge < -0.3 is 0 Å². The normalized spacial score (nSPS) is 39.2. The quantitative estimate of drug-likeness (QED) is 0.548. The second-order valence-corrected chi connectivity index (χ2v) is 8.10. The van der Waals surface area contributed by atoms with Gasteiger partial charge in [-0.05, 0) is 13.8 Å². The van der Waals surface area contributed by atoms with Crippen LogP contribution >= 0.6 is 0 Å². The van der Waals surface area contributed by atoms with Crippen molar-refractivity contribution in [3.8, 4) is 0 Å². The largest absolute Gasteiger partial charge is 0.228 e. The minimum Gasteiger partial charge on any atom is -0.228 e. The van der Waals surface area contributed by atoms with Crippen LogP contribution in [0.4, 0.5) is 0 Å². The van der Waals surface area contributed by atoms with Crippen molar-refractivity contribution < 1.29 is 16.8 Å². The molecule has 1 heterocycles. The van der Waals surface area contributed by atoms with Gasteiger partial charge in [-0.2, -0.15) is 0 Å². The lowest BCUT2D eigenvalue weighted by Crippen LogP contribution is -2.45. The van der Waals surface area contributed by atoms with E-state index < -0.39 is 30.2 Å². The maximum Gasteiger partial charge on any atom is 0.155 e. The van der Waals surface area contributed by atoms with Crippen LogP contribution in [0.15, 0.2) is 0 Å². The first-order valence-electron chi connectivity index (χ1n) is 3.70. The molecule has 0 aliphatic carbocycles. The van der Waals surface area contributed by atoms with Crippen LogP contribution in [0.5, 0.6) is 0 Å². The summed E-state index contributed by atoms with van der Waals surface area (Å²) in [5.41, 5.74) is 0. The van der Waals surface area contributed by atoms with Crippen molar-refractivity contribution in [3.05, 3.63) is 0 Å². The molecule has 12 heavy (non-hydrogen) atoms. The van der Waals surface area contributed by atoms with Crippen molar-refractivity contribution in [1.82, 2.24) is 0 Å². The molecule has 1 rings (SSSR count). The Balaban J connectivity index is 3.12. The van der Waals surface area contributed by atoms with Gasteiger partial charge in [0.15, 0.2) is 19.7 Å². The van der Waals surface area contributed by atoms with Crippen molar-refractivity contribution >= 4 is 19.7 Å². The van der Waals surface area contributed by atoms with Crippen LogP contribution in [-0.2, 0) is 19.7 Å². The Bertz CT molecular complexity index is 326. The van der Waals surface area contributed by atoms with E-state index >= 15 is 0 Å². The van der Waals surface area contributed by atoms with Gasteiger partial charge in [0.2, 0.25) is 0 Å². The smallest absolute Gasteiger partial charge is 0.155 e. The zero-order valence-corrected chi connectivity index (χ0v) is 8.65. The highest BCUT2D eigenvalue weighted by atomic mass is 32.2. The fourth-order valence-corrected chi connectivity index (χ4v) is 5.97. The van der Waals surface area contributed by atoms with E-state index in [1.165, 1.54) is 13.8 Å². The zero-order valence-electron chi connectivity index (χ0n) is 7.02. The van der Waals surface area contributed by atoms with Gasteiger partial charge in [0, 0.05) is 0 Å². The summed E-state index contributed by atoms with van der Waals surface area (Å²) in [5, 5.41) is -1.51. The molecule has 1 aliphatic rings. The second kappa shape index (κ2) is 2.70. The van der Waals surface area contributed by atoms with Gasteiger partial charge in [-0.1, -0.05) is 0 Å². The third-order valence-electron chi connectivity index (χ3n) is 2.45. The average Bonchev–Trinajstić information content (AvgIpc) is 1.96. The predicted molar refractivity (Wildman–Crippen MR) is 46.5 cm³/mol. The van der Waals surface area contributed by atoms with Crippen molar-refractivity contribution in [2.45, 2.75) is 24.3 Å². The molecule has 0 spiro atoms. The molecule has 0 aromatic carbocycles. The summed E-state index contributed by atoms with van der Waals surface area (Å²) in [5.74, 6) is -0.443. The first kappa shape index (κ1) is 9.98. The Kier molecular flexibility index (Phi) is 2.24. The number of hydrogen-bond donors (Lipinski definition) is 0. The molecule has 6 heteroatoms. The lowest BCUT2D eigenvalue weighted by molar-refractivity contribution is 0.554. The van der Waals surface area contributed by atoms with Crippen molar-refractivity contribution in [2.24, 2.45) is 0 Å². The molecule has 0 aromatic rings. The van der Waals surface area contributed by atoms with Crippen LogP contribution in [-0.4, -0.2) is 38.8 Å². The first-order valence-corrected chi connectivity index (χ1v) is 7.13. The summed E-state index contributed by atoms with van der Waals surface area (Å²) in [7, 11) is -6.32. The topological polar surface area (TPSA) is 68.3 Å². The third-order valence-corrected chi connectivity index (χ3v) is 7.51. The van der Waals surface area contributed by atoms with E-state index in [9.17, 15) is 16.8 Å². The Morgan fingerprint density at radius 3 is 1.33 bits per heavy atom. The SMILES string of the molecule is CC1C(C)S(=O)(=O)CCS1(=O)=O. The average molecular weight is 212 g/mol. The van der Waals surface area contributed by atoms with E-state index in [2.05, 4.69) is 0 Å². The molecule has 2 unspecified atom stereocenters. The lowest BCUT2D eigenvalue weighted by Gasteiger charge is -2.25. The Morgan fingerprint density at radius 1 is 0.833 bits per heavy atom. The van der Waals surface area contributed by atoms with Gasteiger partial charge >= 0.3 is 0 Å². The van der Waals surface area contributed by atoms with Gasteiger partial charge in [0.1, 0.15) is 0 Å². The summed E-state index contributed by atoms with van der Waals surface area (Å²) >= 11 is 0.